The van der Waals surface area contributed by atoms with E-state index in [1.165, 1.54) is 0 Å². The van der Waals surface area contributed by atoms with E-state index in [9.17, 15) is 0 Å². The third kappa shape index (κ3) is 1.72. The molecular formula is C9H14ClN3O. The van der Waals surface area contributed by atoms with E-state index in [-0.39, 0.29) is 0 Å². The Labute approximate surface area is 88.2 Å². The van der Waals surface area contributed by atoms with Gasteiger partial charge in [-0.25, -0.2) is 4.68 Å². The first-order valence-corrected chi connectivity index (χ1v) is 5.18. The van der Waals surface area contributed by atoms with Crippen molar-refractivity contribution in [1.82, 2.24) is 15.1 Å². The van der Waals surface area contributed by atoms with E-state index in [0.29, 0.717) is 16.9 Å². The first-order valence-electron chi connectivity index (χ1n) is 4.80. The summed E-state index contributed by atoms with van der Waals surface area (Å²) < 4.78 is 6.95. The number of nitrogens with zero attached hydrogens (tertiary/aromatic N) is 2. The van der Waals surface area contributed by atoms with Crippen molar-refractivity contribution in [3.8, 4) is 5.75 Å². The molecule has 1 aromatic heterocycles. The molecule has 0 saturated carbocycles. The van der Waals surface area contributed by atoms with Crippen molar-refractivity contribution in [2.24, 2.45) is 0 Å². The van der Waals surface area contributed by atoms with Crippen LogP contribution < -0.4 is 10.1 Å². The fourth-order valence-corrected chi connectivity index (χ4v) is 2.08. The minimum absolute atomic E-state index is 0.410. The maximum absolute atomic E-state index is 6.11. The summed E-state index contributed by atoms with van der Waals surface area (Å²) in [7, 11) is 1.61. The van der Waals surface area contributed by atoms with Gasteiger partial charge in [-0.3, -0.25) is 0 Å². The molecule has 0 spiro atoms. The third-order valence-electron chi connectivity index (χ3n) is 2.58. The molecule has 2 rings (SSSR count). The summed E-state index contributed by atoms with van der Waals surface area (Å²) in [6, 6.07) is 0.410. The normalized spacial score (nSPS) is 18.4. The molecule has 0 aliphatic carbocycles. The average molecular weight is 216 g/mol. The van der Waals surface area contributed by atoms with Gasteiger partial charge in [-0.15, -0.1) is 0 Å². The van der Waals surface area contributed by atoms with Gasteiger partial charge in [-0.2, -0.15) is 5.10 Å². The molecule has 0 unspecified atom stereocenters. The molecule has 0 aromatic carbocycles. The van der Waals surface area contributed by atoms with Gasteiger partial charge in [0.1, 0.15) is 0 Å². The predicted octanol–water partition coefficient (Wildman–Crippen LogP) is 1.47. The highest BCUT2D eigenvalue weighted by molar-refractivity contribution is 6.31. The summed E-state index contributed by atoms with van der Waals surface area (Å²) >= 11 is 6.11. The van der Waals surface area contributed by atoms with E-state index in [1.54, 1.807) is 13.3 Å². The first-order chi connectivity index (χ1) is 6.83. The number of ether oxygens (including phenoxy) is 1. The Morgan fingerprint density at radius 3 is 2.86 bits per heavy atom. The van der Waals surface area contributed by atoms with E-state index < -0.39 is 0 Å². The number of rotatable bonds is 2. The second kappa shape index (κ2) is 4.19. The molecule has 1 fully saturated rings. The van der Waals surface area contributed by atoms with Gasteiger partial charge in [0.15, 0.2) is 10.9 Å². The SMILES string of the molecule is COc1cnn(C2CCNCC2)c1Cl. The summed E-state index contributed by atoms with van der Waals surface area (Å²) in [6.07, 6.45) is 3.82. The van der Waals surface area contributed by atoms with Crippen molar-refractivity contribution in [1.29, 1.82) is 0 Å². The summed E-state index contributed by atoms with van der Waals surface area (Å²) in [5.41, 5.74) is 0. The molecule has 1 saturated heterocycles. The molecule has 1 N–H and O–H groups in total. The van der Waals surface area contributed by atoms with Crippen LogP contribution in [-0.4, -0.2) is 30.0 Å². The second-order valence-electron chi connectivity index (χ2n) is 3.43. The average Bonchev–Trinajstić information content (AvgIpc) is 2.61. The Hall–Kier alpha value is -0.740. The van der Waals surface area contributed by atoms with Crippen molar-refractivity contribution in [3.05, 3.63) is 11.3 Å². The van der Waals surface area contributed by atoms with Crippen LogP contribution in [0.2, 0.25) is 5.15 Å². The lowest BCUT2D eigenvalue weighted by atomic mass is 10.1. The Kier molecular flexibility index (Phi) is 2.93. The van der Waals surface area contributed by atoms with Crippen molar-refractivity contribution in [2.45, 2.75) is 18.9 Å². The lowest BCUT2D eigenvalue weighted by Gasteiger charge is -2.23. The molecule has 1 aliphatic heterocycles. The number of methoxy groups -OCH3 is 1. The summed E-state index contributed by atoms with van der Waals surface area (Å²) in [5.74, 6) is 0.658. The van der Waals surface area contributed by atoms with Crippen LogP contribution in [-0.2, 0) is 0 Å². The zero-order valence-corrected chi connectivity index (χ0v) is 8.92. The van der Waals surface area contributed by atoms with Crippen LogP contribution >= 0.6 is 11.6 Å². The van der Waals surface area contributed by atoms with Gasteiger partial charge in [0.05, 0.1) is 19.3 Å². The van der Waals surface area contributed by atoms with Crippen molar-refractivity contribution in [2.75, 3.05) is 20.2 Å². The first kappa shape index (κ1) is 9.80. The van der Waals surface area contributed by atoms with Crippen molar-refractivity contribution < 1.29 is 4.74 Å². The third-order valence-corrected chi connectivity index (χ3v) is 2.94. The van der Waals surface area contributed by atoms with Gasteiger partial charge in [0.2, 0.25) is 0 Å². The fourth-order valence-electron chi connectivity index (χ4n) is 1.77. The van der Waals surface area contributed by atoms with Crippen molar-refractivity contribution in [3.63, 3.8) is 0 Å². The number of piperidine rings is 1. The molecular weight excluding hydrogens is 202 g/mol. The smallest absolute Gasteiger partial charge is 0.175 e. The van der Waals surface area contributed by atoms with Gasteiger partial charge >= 0.3 is 0 Å². The fraction of sp³-hybridized carbons (Fsp3) is 0.667. The lowest BCUT2D eigenvalue weighted by Crippen LogP contribution is -2.29. The van der Waals surface area contributed by atoms with Crippen LogP contribution in [0.15, 0.2) is 6.20 Å². The maximum atomic E-state index is 6.11. The zero-order valence-electron chi connectivity index (χ0n) is 8.16. The van der Waals surface area contributed by atoms with Crippen LogP contribution in [0.25, 0.3) is 0 Å². The summed E-state index contributed by atoms with van der Waals surface area (Å²) in [4.78, 5) is 0. The number of aromatic nitrogens is 2. The highest BCUT2D eigenvalue weighted by Crippen LogP contribution is 2.29. The minimum Gasteiger partial charge on any atom is -0.492 e. The van der Waals surface area contributed by atoms with E-state index in [2.05, 4.69) is 10.4 Å². The molecule has 14 heavy (non-hydrogen) atoms. The topological polar surface area (TPSA) is 39.1 Å². The number of halogens is 1. The van der Waals surface area contributed by atoms with Crippen LogP contribution in [0.4, 0.5) is 0 Å². The Balaban J connectivity index is 2.18. The summed E-state index contributed by atoms with van der Waals surface area (Å²) in [5, 5.41) is 8.16. The largest absolute Gasteiger partial charge is 0.492 e. The molecule has 1 aliphatic rings. The Bertz CT molecular complexity index is 307. The van der Waals surface area contributed by atoms with Crippen LogP contribution in [0.5, 0.6) is 5.75 Å². The van der Waals surface area contributed by atoms with Gasteiger partial charge in [-0.1, -0.05) is 11.6 Å². The number of hydrogen-bond acceptors (Lipinski definition) is 3. The maximum Gasteiger partial charge on any atom is 0.175 e. The molecule has 2 heterocycles. The molecule has 5 heteroatoms. The number of hydrogen-bond donors (Lipinski definition) is 1. The van der Waals surface area contributed by atoms with Gasteiger partial charge in [-0.05, 0) is 25.9 Å². The van der Waals surface area contributed by atoms with E-state index >= 15 is 0 Å². The monoisotopic (exact) mass is 215 g/mol. The number of nitrogens with one attached hydrogen (secondary N) is 1. The standard InChI is InChI=1S/C9H14ClN3O/c1-14-8-6-12-13(9(8)10)7-2-4-11-5-3-7/h6-7,11H,2-5H2,1H3. The van der Waals surface area contributed by atoms with Gasteiger partial charge < -0.3 is 10.1 Å². The molecule has 0 bridgehead atoms. The molecule has 0 amide bonds. The van der Waals surface area contributed by atoms with Crippen LogP contribution in [0, 0.1) is 0 Å². The van der Waals surface area contributed by atoms with Crippen LogP contribution in [0.3, 0.4) is 0 Å². The van der Waals surface area contributed by atoms with Crippen molar-refractivity contribution >= 4 is 11.6 Å². The predicted molar refractivity (Wildman–Crippen MR) is 54.9 cm³/mol. The van der Waals surface area contributed by atoms with Gasteiger partial charge in [0.25, 0.3) is 0 Å². The molecule has 78 valence electrons. The molecule has 4 nitrogen and oxygen atoms in total. The molecule has 0 radical (unpaired) electrons. The van der Waals surface area contributed by atoms with E-state index in [1.807, 2.05) is 4.68 Å². The van der Waals surface area contributed by atoms with E-state index in [0.717, 1.165) is 25.9 Å². The molecule has 1 aromatic rings. The quantitative estimate of drug-likeness (QED) is 0.812. The Morgan fingerprint density at radius 1 is 1.57 bits per heavy atom. The van der Waals surface area contributed by atoms with E-state index in [4.69, 9.17) is 16.3 Å². The lowest BCUT2D eigenvalue weighted by molar-refractivity contribution is 0.341. The molecule has 0 atom stereocenters. The minimum atomic E-state index is 0.410. The zero-order chi connectivity index (χ0) is 9.97. The highest BCUT2D eigenvalue weighted by atomic mass is 35.5. The van der Waals surface area contributed by atoms with Crippen LogP contribution in [0.1, 0.15) is 18.9 Å². The summed E-state index contributed by atoms with van der Waals surface area (Å²) in [6.45, 7) is 2.06. The van der Waals surface area contributed by atoms with Gasteiger partial charge in [0, 0.05) is 0 Å². The second-order valence-corrected chi connectivity index (χ2v) is 3.79. The highest BCUT2D eigenvalue weighted by Gasteiger charge is 2.19. The Morgan fingerprint density at radius 2 is 2.29 bits per heavy atom.